The van der Waals surface area contributed by atoms with Crippen molar-refractivity contribution >= 4 is 0 Å². The predicted molar refractivity (Wildman–Crippen MR) is 85.4 cm³/mol. The van der Waals surface area contributed by atoms with Gasteiger partial charge in [-0.1, -0.05) is 32.9 Å². The second kappa shape index (κ2) is 7.89. The number of benzene rings is 1. The molecule has 0 bridgehead atoms. The highest BCUT2D eigenvalue weighted by molar-refractivity contribution is 5.28. The van der Waals surface area contributed by atoms with Crippen molar-refractivity contribution in [2.24, 2.45) is 5.92 Å². The molecule has 21 heavy (non-hydrogen) atoms. The van der Waals surface area contributed by atoms with E-state index in [1.165, 1.54) is 11.1 Å². The molecule has 0 unspecified atom stereocenters. The summed E-state index contributed by atoms with van der Waals surface area (Å²) in [5.74, 6) is 2.44. The highest BCUT2D eigenvalue weighted by Crippen LogP contribution is 2.18. The lowest BCUT2D eigenvalue weighted by Gasteiger charge is -2.09. The molecule has 2 aromatic rings. The Balaban J connectivity index is 1.89. The summed E-state index contributed by atoms with van der Waals surface area (Å²) in [6.45, 7) is 8.84. The van der Waals surface area contributed by atoms with Crippen molar-refractivity contribution in [3.8, 4) is 5.75 Å². The standard InChI is InChI=1S/C18H25NO2/c1-4-15-6-5-7-17(10-15)21-13-18-16(8-9-20-18)12-19-11-14(2)3/h5-10,14,19H,4,11-13H2,1-3H3. The number of aryl methyl sites for hydroxylation is 1. The Bertz CT molecular complexity index is 546. The maximum Gasteiger partial charge on any atom is 0.146 e. The molecular formula is C18H25NO2. The fourth-order valence-electron chi connectivity index (χ4n) is 2.15. The van der Waals surface area contributed by atoms with E-state index in [1.54, 1.807) is 6.26 Å². The van der Waals surface area contributed by atoms with Crippen LogP contribution in [-0.2, 0) is 19.6 Å². The summed E-state index contributed by atoms with van der Waals surface area (Å²) in [5, 5.41) is 3.43. The van der Waals surface area contributed by atoms with Gasteiger partial charge in [0.1, 0.15) is 18.1 Å². The van der Waals surface area contributed by atoms with Crippen LogP contribution in [0.25, 0.3) is 0 Å². The molecule has 2 rings (SSSR count). The van der Waals surface area contributed by atoms with Gasteiger partial charge in [0.05, 0.1) is 6.26 Å². The molecule has 0 aliphatic heterocycles. The largest absolute Gasteiger partial charge is 0.486 e. The Morgan fingerprint density at radius 2 is 2.10 bits per heavy atom. The molecule has 0 saturated heterocycles. The van der Waals surface area contributed by atoms with Crippen LogP contribution in [0.5, 0.6) is 5.75 Å². The van der Waals surface area contributed by atoms with Gasteiger partial charge in [-0.25, -0.2) is 0 Å². The maximum atomic E-state index is 5.84. The average molecular weight is 287 g/mol. The smallest absolute Gasteiger partial charge is 0.146 e. The number of hydrogen-bond donors (Lipinski definition) is 1. The number of rotatable bonds is 8. The van der Waals surface area contributed by atoms with Crippen LogP contribution < -0.4 is 10.1 Å². The van der Waals surface area contributed by atoms with Gasteiger partial charge in [0, 0.05) is 12.1 Å². The van der Waals surface area contributed by atoms with Crippen molar-refractivity contribution in [3.63, 3.8) is 0 Å². The monoisotopic (exact) mass is 287 g/mol. The zero-order valence-corrected chi connectivity index (χ0v) is 13.2. The molecule has 3 nitrogen and oxygen atoms in total. The number of ether oxygens (including phenoxy) is 1. The minimum Gasteiger partial charge on any atom is -0.486 e. The molecule has 1 aromatic heterocycles. The van der Waals surface area contributed by atoms with Crippen molar-refractivity contribution in [1.82, 2.24) is 5.32 Å². The van der Waals surface area contributed by atoms with E-state index in [-0.39, 0.29) is 0 Å². The van der Waals surface area contributed by atoms with Crippen LogP contribution in [0, 0.1) is 5.92 Å². The van der Waals surface area contributed by atoms with E-state index in [0.717, 1.165) is 31.0 Å². The van der Waals surface area contributed by atoms with E-state index in [0.29, 0.717) is 12.5 Å². The molecular weight excluding hydrogens is 262 g/mol. The van der Waals surface area contributed by atoms with Gasteiger partial charge >= 0.3 is 0 Å². The molecule has 114 valence electrons. The molecule has 0 atom stereocenters. The molecule has 1 aromatic carbocycles. The molecule has 1 N–H and O–H groups in total. The first-order chi connectivity index (χ1) is 10.2. The van der Waals surface area contributed by atoms with Crippen molar-refractivity contribution in [3.05, 3.63) is 53.5 Å². The fraction of sp³-hybridized carbons (Fsp3) is 0.444. The van der Waals surface area contributed by atoms with E-state index in [1.807, 2.05) is 18.2 Å². The summed E-state index contributed by atoms with van der Waals surface area (Å²) in [4.78, 5) is 0. The van der Waals surface area contributed by atoms with Gasteiger partial charge in [0.15, 0.2) is 0 Å². The first kappa shape index (κ1) is 15.6. The summed E-state index contributed by atoms with van der Waals surface area (Å²) in [7, 11) is 0. The first-order valence-corrected chi connectivity index (χ1v) is 7.66. The lowest BCUT2D eigenvalue weighted by molar-refractivity contribution is 0.268. The van der Waals surface area contributed by atoms with Crippen molar-refractivity contribution < 1.29 is 9.15 Å². The van der Waals surface area contributed by atoms with Crippen molar-refractivity contribution in [1.29, 1.82) is 0 Å². The van der Waals surface area contributed by atoms with Crippen molar-refractivity contribution in [2.45, 2.75) is 40.3 Å². The third-order valence-electron chi connectivity index (χ3n) is 3.38. The number of nitrogens with one attached hydrogen (secondary N) is 1. The van der Waals surface area contributed by atoms with Crippen LogP contribution in [0.15, 0.2) is 41.0 Å². The Morgan fingerprint density at radius 3 is 2.86 bits per heavy atom. The average Bonchev–Trinajstić information content (AvgIpc) is 2.92. The Morgan fingerprint density at radius 1 is 1.24 bits per heavy atom. The summed E-state index contributed by atoms with van der Waals surface area (Å²) in [6, 6.07) is 10.2. The van der Waals surface area contributed by atoms with Gasteiger partial charge < -0.3 is 14.5 Å². The molecule has 3 heteroatoms. The molecule has 0 saturated carbocycles. The molecule has 0 aliphatic rings. The first-order valence-electron chi connectivity index (χ1n) is 7.66. The zero-order chi connectivity index (χ0) is 15.1. The van der Waals surface area contributed by atoms with E-state index >= 15 is 0 Å². The summed E-state index contributed by atoms with van der Waals surface area (Å²) in [5.41, 5.74) is 2.45. The number of hydrogen-bond acceptors (Lipinski definition) is 3. The van der Waals surface area contributed by atoms with E-state index < -0.39 is 0 Å². The van der Waals surface area contributed by atoms with Crippen LogP contribution in [-0.4, -0.2) is 6.54 Å². The Kier molecular flexibility index (Phi) is 5.88. The SMILES string of the molecule is CCc1cccc(OCc2occc2CNCC(C)C)c1. The van der Waals surface area contributed by atoms with Crippen LogP contribution in [0.3, 0.4) is 0 Å². The minimum atomic E-state index is 0.471. The molecule has 0 amide bonds. The van der Waals surface area contributed by atoms with Crippen LogP contribution in [0.2, 0.25) is 0 Å². The topological polar surface area (TPSA) is 34.4 Å². The van der Waals surface area contributed by atoms with E-state index in [9.17, 15) is 0 Å². The second-order valence-electron chi connectivity index (χ2n) is 5.68. The van der Waals surface area contributed by atoms with Gasteiger partial charge in [-0.05, 0) is 42.6 Å². The minimum absolute atomic E-state index is 0.471. The maximum absolute atomic E-state index is 5.84. The van der Waals surface area contributed by atoms with Gasteiger partial charge in [-0.15, -0.1) is 0 Å². The molecule has 0 radical (unpaired) electrons. The summed E-state index contributed by atoms with van der Waals surface area (Å²) >= 11 is 0. The van der Waals surface area contributed by atoms with Crippen molar-refractivity contribution in [2.75, 3.05) is 6.54 Å². The van der Waals surface area contributed by atoms with Crippen LogP contribution >= 0.6 is 0 Å². The third kappa shape index (κ3) is 4.94. The summed E-state index contributed by atoms with van der Waals surface area (Å²) < 4.78 is 11.4. The second-order valence-corrected chi connectivity index (χ2v) is 5.68. The number of furan rings is 1. The third-order valence-corrected chi connectivity index (χ3v) is 3.38. The predicted octanol–water partition coefficient (Wildman–Crippen LogP) is 4.17. The molecule has 0 fully saturated rings. The fourth-order valence-corrected chi connectivity index (χ4v) is 2.15. The van der Waals surface area contributed by atoms with Gasteiger partial charge in [0.2, 0.25) is 0 Å². The van der Waals surface area contributed by atoms with Gasteiger partial charge in [-0.3, -0.25) is 0 Å². The van der Waals surface area contributed by atoms with Gasteiger partial charge in [0.25, 0.3) is 0 Å². The van der Waals surface area contributed by atoms with Crippen LogP contribution in [0.4, 0.5) is 0 Å². The quantitative estimate of drug-likeness (QED) is 0.791. The summed E-state index contributed by atoms with van der Waals surface area (Å²) in [6.07, 6.45) is 2.75. The normalized spacial score (nSPS) is 11.0. The zero-order valence-electron chi connectivity index (χ0n) is 13.2. The molecule has 1 heterocycles. The Labute approximate surface area is 127 Å². The highest BCUT2D eigenvalue weighted by atomic mass is 16.5. The molecule has 0 aliphatic carbocycles. The Hall–Kier alpha value is -1.74. The van der Waals surface area contributed by atoms with Crippen LogP contribution in [0.1, 0.15) is 37.7 Å². The lowest BCUT2D eigenvalue weighted by Crippen LogP contribution is -2.19. The highest BCUT2D eigenvalue weighted by Gasteiger charge is 2.07. The molecule has 0 spiro atoms. The lowest BCUT2D eigenvalue weighted by atomic mass is 10.2. The van der Waals surface area contributed by atoms with E-state index in [2.05, 4.69) is 38.2 Å². The van der Waals surface area contributed by atoms with E-state index in [4.69, 9.17) is 9.15 Å². The van der Waals surface area contributed by atoms with Gasteiger partial charge in [-0.2, -0.15) is 0 Å².